The maximum absolute atomic E-state index is 14.6. The van der Waals surface area contributed by atoms with Gasteiger partial charge in [-0.3, -0.25) is 14.4 Å². The number of ether oxygens (including phenoxy) is 8. The maximum atomic E-state index is 14.6. The van der Waals surface area contributed by atoms with Crippen molar-refractivity contribution in [2.75, 3.05) is 59.9 Å². The largest absolute Gasteiger partial charge is 0.477 e. The van der Waals surface area contributed by atoms with Crippen LogP contribution in [0.4, 0.5) is 5.69 Å². The number of hydrogen-bond donors (Lipinski definition) is 6. The van der Waals surface area contributed by atoms with Crippen LogP contribution in [0.2, 0.25) is 5.02 Å². The van der Waals surface area contributed by atoms with Gasteiger partial charge in [0, 0.05) is 62.2 Å². The molecule has 4 heterocycles. The quantitative estimate of drug-likeness (QED) is 0.0902. The van der Waals surface area contributed by atoms with Gasteiger partial charge in [0.25, 0.3) is 0 Å². The molecule has 442 valence electrons. The Morgan fingerprint density at radius 1 is 0.962 bits per heavy atom. The van der Waals surface area contributed by atoms with E-state index in [1.54, 1.807) is 65.2 Å². The first-order chi connectivity index (χ1) is 36.5. The SMILES string of the molecule is CC[C@H]1OC(=O)[C@H](C)[C@@H](O[C@H]2C[C@@](C)(OC)[C@@H](OC(=O)CCOCCNc3cc4c(=O)c(C(=O)O)cn(C5CC5)c4cc3Cl)[C@H](C)O2)[C@@H](C)[C@@H](O[C@@H]2O[C@H](C)C[C@H](N(C)C)[C@H]2O)[C@](C)(O)C[C@@H](C)CN(C)[C@H](C)[C@@H](O)[C@]1(C)O. The Morgan fingerprint density at radius 3 is 2.26 bits per heavy atom. The minimum absolute atomic E-state index is 0.00256. The first-order valence-electron chi connectivity index (χ1n) is 27.6. The van der Waals surface area contributed by atoms with Gasteiger partial charge < -0.3 is 83.1 Å². The third-order valence-electron chi connectivity index (χ3n) is 16.7. The number of pyridine rings is 1. The van der Waals surface area contributed by atoms with Crippen LogP contribution in [0.3, 0.4) is 0 Å². The Balaban J connectivity index is 1.18. The number of nitrogens with zero attached hydrogens (tertiary/aromatic N) is 3. The van der Waals surface area contributed by atoms with Gasteiger partial charge in [-0.05, 0) is 120 Å². The molecule has 78 heavy (non-hydrogen) atoms. The number of fused-ring (bicyclic) bond motifs is 1. The lowest BCUT2D eigenvalue weighted by Crippen LogP contribution is -2.61. The summed E-state index contributed by atoms with van der Waals surface area (Å²) in [5.74, 6) is -4.82. The first kappa shape index (κ1) is 63.6. The molecule has 0 bridgehead atoms. The van der Waals surface area contributed by atoms with Gasteiger partial charge in [-0.15, -0.1) is 0 Å². The van der Waals surface area contributed by atoms with Crippen molar-refractivity contribution in [1.82, 2.24) is 14.4 Å². The molecule has 0 radical (unpaired) electrons. The highest BCUT2D eigenvalue weighted by molar-refractivity contribution is 6.34. The van der Waals surface area contributed by atoms with E-state index in [-0.39, 0.29) is 80.5 Å². The molecule has 3 saturated heterocycles. The zero-order valence-corrected chi connectivity index (χ0v) is 48.9. The Bertz CT molecular complexity index is 2440. The number of anilines is 1. The molecule has 0 unspecified atom stereocenters. The van der Waals surface area contributed by atoms with E-state index in [1.807, 2.05) is 44.8 Å². The monoisotopic (exact) mass is 1120 g/mol. The van der Waals surface area contributed by atoms with Crippen molar-refractivity contribution in [3.05, 3.63) is 39.1 Å². The molecule has 0 amide bonds. The van der Waals surface area contributed by atoms with Crippen LogP contribution >= 0.6 is 11.6 Å². The fraction of sp³-hybridized carbons (Fsp3) is 0.786. The molecule has 4 fully saturated rings. The second-order valence-electron chi connectivity index (χ2n) is 23.6. The van der Waals surface area contributed by atoms with Crippen molar-refractivity contribution in [3.63, 3.8) is 0 Å². The molecule has 1 aromatic carbocycles. The van der Waals surface area contributed by atoms with Gasteiger partial charge in [0.15, 0.2) is 18.7 Å². The summed E-state index contributed by atoms with van der Waals surface area (Å²) in [6.45, 7) is 18.2. The standard InChI is InChI=1S/C56H89ClN4O17/c1-15-42-56(10,70)48(65)33(6)60(13)27-29(2)25-54(8,69)49(78-53-46(64)41(59(11)12)22-30(3)73-53)31(4)47(32(5)52(68)75-42)77-44-26-55(9,71-14)50(34(7)74-44)76-43(62)18-20-72-21-19-58-39-23-36-40(24-38(39)57)61(35-16-17-35)28-37(45(36)63)51(66)67/h23-24,28-35,41-42,44,46-50,53,58,64-65,69-70H,15-22,25-27H2,1-14H3,(H,66,67)/t29-,30-,31-,32-,33-,34+,41+,42-,44+,46-,47+,48-,49-,50+,53+,54-,55-,56-/m1/s1. The number of halogens is 1. The van der Waals surface area contributed by atoms with Crippen molar-refractivity contribution >= 4 is 46.1 Å². The van der Waals surface area contributed by atoms with E-state index in [9.17, 15) is 44.7 Å². The highest BCUT2D eigenvalue weighted by Gasteiger charge is 2.54. The minimum atomic E-state index is -1.87. The molecule has 1 saturated carbocycles. The van der Waals surface area contributed by atoms with E-state index in [2.05, 4.69) is 5.32 Å². The predicted octanol–water partition coefficient (Wildman–Crippen LogP) is 4.97. The summed E-state index contributed by atoms with van der Waals surface area (Å²) >= 11 is 6.62. The molecule has 6 N–H and O–H groups in total. The summed E-state index contributed by atoms with van der Waals surface area (Å²) in [6, 6.07) is 2.38. The van der Waals surface area contributed by atoms with E-state index in [4.69, 9.17) is 49.5 Å². The number of esters is 2. The summed E-state index contributed by atoms with van der Waals surface area (Å²) in [4.78, 5) is 56.9. The first-order valence-corrected chi connectivity index (χ1v) is 28.0. The van der Waals surface area contributed by atoms with E-state index < -0.39 is 113 Å². The molecule has 2 aromatic rings. The van der Waals surface area contributed by atoms with Gasteiger partial charge in [0.05, 0.1) is 71.8 Å². The summed E-state index contributed by atoms with van der Waals surface area (Å²) in [5, 5.41) is 61.5. The van der Waals surface area contributed by atoms with Gasteiger partial charge in [0.2, 0.25) is 5.43 Å². The number of benzene rings is 1. The number of methoxy groups -OCH3 is 1. The molecular formula is C56H89ClN4O17. The number of carbonyl (C=O) groups is 3. The molecule has 0 spiro atoms. The van der Waals surface area contributed by atoms with Gasteiger partial charge >= 0.3 is 17.9 Å². The zero-order valence-electron chi connectivity index (χ0n) is 48.1. The Labute approximate surface area is 464 Å². The summed E-state index contributed by atoms with van der Waals surface area (Å²) in [5.41, 5.74) is -4.64. The van der Waals surface area contributed by atoms with Crippen molar-refractivity contribution < 1.29 is 77.8 Å². The van der Waals surface area contributed by atoms with Crippen molar-refractivity contribution in [2.45, 2.75) is 211 Å². The van der Waals surface area contributed by atoms with Gasteiger partial charge in [-0.25, -0.2) is 4.79 Å². The fourth-order valence-corrected chi connectivity index (χ4v) is 12.2. The number of hydrogen-bond acceptors (Lipinski definition) is 19. The molecular weight excluding hydrogens is 1040 g/mol. The molecule has 22 heteroatoms. The number of aliphatic hydroxyl groups excluding tert-OH is 2. The zero-order chi connectivity index (χ0) is 57.9. The van der Waals surface area contributed by atoms with E-state index in [0.29, 0.717) is 29.2 Å². The average molecular weight is 1130 g/mol. The Hall–Kier alpha value is -3.55. The Kier molecular flexibility index (Phi) is 21.3. The van der Waals surface area contributed by atoms with E-state index in [1.165, 1.54) is 20.2 Å². The number of nitrogens with one attached hydrogen (secondary N) is 1. The minimum Gasteiger partial charge on any atom is -0.477 e. The lowest BCUT2D eigenvalue weighted by Gasteiger charge is -2.49. The van der Waals surface area contributed by atoms with Crippen molar-refractivity contribution in [1.29, 1.82) is 0 Å². The number of carboxylic acids is 1. The lowest BCUT2D eigenvalue weighted by atomic mass is 9.77. The van der Waals surface area contributed by atoms with Crippen LogP contribution in [0.5, 0.6) is 0 Å². The topological polar surface area (TPSA) is 267 Å². The molecule has 21 nitrogen and oxygen atoms in total. The third-order valence-corrected chi connectivity index (χ3v) is 17.0. The van der Waals surface area contributed by atoms with Crippen LogP contribution in [0.15, 0.2) is 23.1 Å². The van der Waals surface area contributed by atoms with Crippen LogP contribution in [0, 0.1) is 17.8 Å². The summed E-state index contributed by atoms with van der Waals surface area (Å²) in [7, 11) is 7.04. The highest BCUT2D eigenvalue weighted by atomic mass is 35.5. The molecule has 4 aliphatic rings. The lowest BCUT2D eigenvalue weighted by molar-refractivity contribution is -0.318. The fourth-order valence-electron chi connectivity index (χ4n) is 12.0. The predicted molar refractivity (Wildman–Crippen MR) is 290 cm³/mol. The number of likely N-dealkylation sites (N-methyl/N-ethyl adjacent to an activating group) is 2. The number of aromatic carboxylic acids is 1. The maximum Gasteiger partial charge on any atom is 0.341 e. The van der Waals surface area contributed by atoms with Crippen LogP contribution in [0.25, 0.3) is 10.9 Å². The van der Waals surface area contributed by atoms with Gasteiger partial charge in [-0.1, -0.05) is 32.4 Å². The van der Waals surface area contributed by atoms with E-state index in [0.717, 1.165) is 12.8 Å². The molecule has 1 aromatic heterocycles. The molecule has 1 aliphatic carbocycles. The number of rotatable bonds is 17. The second-order valence-corrected chi connectivity index (χ2v) is 24.0. The highest BCUT2D eigenvalue weighted by Crippen LogP contribution is 2.42. The van der Waals surface area contributed by atoms with Gasteiger partial charge in [-0.2, -0.15) is 0 Å². The number of aromatic nitrogens is 1. The van der Waals surface area contributed by atoms with Crippen LogP contribution < -0.4 is 10.7 Å². The number of cyclic esters (lactones) is 1. The normalized spacial score (nSPS) is 37.8. The molecule has 6 rings (SSSR count). The smallest absolute Gasteiger partial charge is 0.341 e. The third kappa shape index (κ3) is 14.5. The van der Waals surface area contributed by atoms with Crippen LogP contribution in [-0.2, 0) is 47.5 Å². The summed E-state index contributed by atoms with van der Waals surface area (Å²) < 4.78 is 52.3. The number of carbonyl (C=O) groups excluding carboxylic acids is 2. The molecule has 18 atom stereocenters. The van der Waals surface area contributed by atoms with Crippen LogP contribution in [0.1, 0.15) is 131 Å². The second kappa shape index (κ2) is 26.1. The average Bonchev–Trinajstić information content (AvgIpc) is 4.28. The Morgan fingerprint density at radius 2 is 1.64 bits per heavy atom. The summed E-state index contributed by atoms with van der Waals surface area (Å²) in [6.07, 6.45) is -6.32. The molecule has 3 aliphatic heterocycles. The van der Waals surface area contributed by atoms with Gasteiger partial charge in [0.1, 0.15) is 35.1 Å². The van der Waals surface area contributed by atoms with E-state index >= 15 is 0 Å². The van der Waals surface area contributed by atoms with Crippen molar-refractivity contribution in [2.24, 2.45) is 17.8 Å². The van der Waals surface area contributed by atoms with Crippen LogP contribution in [-0.4, -0.2) is 203 Å². The number of aliphatic hydroxyl groups is 4. The van der Waals surface area contributed by atoms with Crippen molar-refractivity contribution in [3.8, 4) is 0 Å². The number of carboxylic acid groups (broad SMARTS) is 1.